The van der Waals surface area contributed by atoms with Crippen LogP contribution in [0.1, 0.15) is 5.56 Å². The Bertz CT molecular complexity index is 1590. The number of hydrogen-bond acceptors (Lipinski definition) is 6. The van der Waals surface area contributed by atoms with E-state index < -0.39 is 11.2 Å². The second kappa shape index (κ2) is 8.19. The molecule has 0 radical (unpaired) electrons. The van der Waals surface area contributed by atoms with Crippen LogP contribution in [0, 0.1) is 5.82 Å². The van der Waals surface area contributed by atoms with Crippen molar-refractivity contribution >= 4 is 10.9 Å². The van der Waals surface area contributed by atoms with Gasteiger partial charge >= 0.3 is 5.69 Å². The minimum Gasteiger partial charge on any atom is -0.496 e. The van der Waals surface area contributed by atoms with Gasteiger partial charge in [-0.05, 0) is 48.5 Å². The second-order valence-electron chi connectivity index (χ2n) is 7.32. The average molecular weight is 444 g/mol. The van der Waals surface area contributed by atoms with Crippen molar-refractivity contribution < 1.29 is 13.7 Å². The smallest absolute Gasteiger partial charge is 0.329 e. The standard InChI is InChI=1S/C24H17FN4O4/c1-32-20-5-3-2-4-16(20)13-29-23(30)18-11-8-15(12-19(18)26-24(29)31)22-27-21(28-33-22)14-6-9-17(25)10-7-14/h2-12H,13H2,1H3,(H,26,31). The molecule has 0 spiro atoms. The predicted octanol–water partition coefficient (Wildman–Crippen LogP) is 3.60. The first-order valence-corrected chi connectivity index (χ1v) is 10.0. The molecule has 0 fully saturated rings. The Hall–Kier alpha value is -4.53. The molecule has 0 aliphatic rings. The number of halogens is 1. The number of aromatic nitrogens is 4. The summed E-state index contributed by atoms with van der Waals surface area (Å²) in [6.45, 7) is 0.0700. The van der Waals surface area contributed by atoms with E-state index in [-0.39, 0.29) is 18.3 Å². The number of fused-ring (bicyclic) bond motifs is 1. The van der Waals surface area contributed by atoms with Crippen LogP contribution in [-0.4, -0.2) is 26.8 Å². The van der Waals surface area contributed by atoms with Gasteiger partial charge in [-0.3, -0.25) is 9.36 Å². The lowest BCUT2D eigenvalue weighted by Gasteiger charge is -2.10. The molecule has 5 rings (SSSR count). The van der Waals surface area contributed by atoms with Crippen molar-refractivity contribution in [3.05, 3.63) is 98.9 Å². The van der Waals surface area contributed by atoms with Gasteiger partial charge in [0.1, 0.15) is 11.6 Å². The fourth-order valence-electron chi connectivity index (χ4n) is 3.59. The van der Waals surface area contributed by atoms with Crippen molar-refractivity contribution in [2.24, 2.45) is 0 Å². The quantitative estimate of drug-likeness (QED) is 0.444. The molecule has 0 saturated heterocycles. The number of para-hydroxylation sites is 1. The Labute approximate surface area is 185 Å². The summed E-state index contributed by atoms with van der Waals surface area (Å²) in [5.41, 5.74) is 1.21. The number of hydrogen-bond donors (Lipinski definition) is 1. The highest BCUT2D eigenvalue weighted by Gasteiger charge is 2.15. The van der Waals surface area contributed by atoms with E-state index in [0.717, 1.165) is 4.57 Å². The van der Waals surface area contributed by atoms with Crippen molar-refractivity contribution in [2.45, 2.75) is 6.54 Å². The number of benzene rings is 3. The molecule has 2 heterocycles. The largest absolute Gasteiger partial charge is 0.496 e. The molecular weight excluding hydrogens is 427 g/mol. The number of nitrogens with zero attached hydrogens (tertiary/aromatic N) is 3. The van der Waals surface area contributed by atoms with Crippen LogP contribution in [0.25, 0.3) is 33.7 Å². The van der Waals surface area contributed by atoms with E-state index in [1.54, 1.807) is 42.5 Å². The summed E-state index contributed by atoms with van der Waals surface area (Å²) in [7, 11) is 1.53. The van der Waals surface area contributed by atoms with Gasteiger partial charge in [0, 0.05) is 16.7 Å². The molecular formula is C24H17FN4O4. The van der Waals surface area contributed by atoms with Crippen LogP contribution in [-0.2, 0) is 6.54 Å². The van der Waals surface area contributed by atoms with E-state index in [9.17, 15) is 14.0 Å². The molecule has 0 aliphatic carbocycles. The third-order valence-electron chi connectivity index (χ3n) is 5.28. The predicted molar refractivity (Wildman–Crippen MR) is 120 cm³/mol. The van der Waals surface area contributed by atoms with Crippen molar-refractivity contribution in [1.82, 2.24) is 19.7 Å². The Morgan fingerprint density at radius 1 is 1.03 bits per heavy atom. The Balaban J connectivity index is 1.52. The maximum Gasteiger partial charge on any atom is 0.329 e. The Morgan fingerprint density at radius 2 is 1.79 bits per heavy atom. The monoisotopic (exact) mass is 444 g/mol. The van der Waals surface area contributed by atoms with E-state index >= 15 is 0 Å². The fourth-order valence-corrected chi connectivity index (χ4v) is 3.59. The summed E-state index contributed by atoms with van der Waals surface area (Å²) >= 11 is 0. The van der Waals surface area contributed by atoms with Gasteiger partial charge in [-0.2, -0.15) is 4.98 Å². The molecule has 0 bridgehead atoms. The van der Waals surface area contributed by atoms with E-state index in [1.807, 2.05) is 12.1 Å². The number of methoxy groups -OCH3 is 1. The van der Waals surface area contributed by atoms with E-state index in [1.165, 1.54) is 19.2 Å². The minimum absolute atomic E-state index is 0.0700. The van der Waals surface area contributed by atoms with Crippen molar-refractivity contribution in [3.63, 3.8) is 0 Å². The van der Waals surface area contributed by atoms with Gasteiger partial charge in [0.05, 0.1) is 24.6 Å². The molecule has 0 saturated carbocycles. The molecule has 0 atom stereocenters. The maximum atomic E-state index is 13.1. The third-order valence-corrected chi connectivity index (χ3v) is 5.28. The van der Waals surface area contributed by atoms with Crippen LogP contribution < -0.4 is 16.0 Å². The first-order valence-electron chi connectivity index (χ1n) is 10.0. The molecule has 33 heavy (non-hydrogen) atoms. The highest BCUT2D eigenvalue weighted by atomic mass is 19.1. The SMILES string of the molecule is COc1ccccc1Cn1c(=O)[nH]c2cc(-c3nc(-c4ccc(F)cc4)no3)ccc2c1=O. The summed E-state index contributed by atoms with van der Waals surface area (Å²) in [5.74, 6) is 0.728. The van der Waals surface area contributed by atoms with E-state index in [0.29, 0.717) is 39.2 Å². The van der Waals surface area contributed by atoms with Crippen LogP contribution in [0.15, 0.2) is 80.8 Å². The lowest BCUT2D eigenvalue weighted by molar-refractivity contribution is 0.408. The van der Waals surface area contributed by atoms with Crippen LogP contribution in [0.2, 0.25) is 0 Å². The molecule has 0 unspecified atom stereocenters. The lowest BCUT2D eigenvalue weighted by atomic mass is 10.1. The van der Waals surface area contributed by atoms with Crippen LogP contribution in [0.5, 0.6) is 5.75 Å². The van der Waals surface area contributed by atoms with Crippen molar-refractivity contribution in [2.75, 3.05) is 7.11 Å². The summed E-state index contributed by atoms with van der Waals surface area (Å²) in [5, 5.41) is 4.27. The first-order chi connectivity index (χ1) is 16.0. The normalized spacial score (nSPS) is 11.1. The van der Waals surface area contributed by atoms with Crippen molar-refractivity contribution in [1.29, 1.82) is 0 Å². The number of rotatable bonds is 5. The van der Waals surface area contributed by atoms with Gasteiger partial charge in [0.25, 0.3) is 11.4 Å². The lowest BCUT2D eigenvalue weighted by Crippen LogP contribution is -2.35. The summed E-state index contributed by atoms with van der Waals surface area (Å²) in [6.07, 6.45) is 0. The zero-order valence-corrected chi connectivity index (χ0v) is 17.4. The van der Waals surface area contributed by atoms with Gasteiger partial charge in [0.15, 0.2) is 0 Å². The Kier molecular flexibility index (Phi) is 5.06. The second-order valence-corrected chi connectivity index (χ2v) is 7.32. The van der Waals surface area contributed by atoms with Gasteiger partial charge in [-0.15, -0.1) is 0 Å². The molecule has 164 valence electrons. The molecule has 1 N–H and O–H groups in total. The number of ether oxygens (including phenoxy) is 1. The zero-order chi connectivity index (χ0) is 22.9. The minimum atomic E-state index is -0.548. The van der Waals surface area contributed by atoms with Gasteiger partial charge in [0.2, 0.25) is 5.82 Å². The first kappa shape index (κ1) is 20.4. The summed E-state index contributed by atoms with van der Waals surface area (Å²) < 4.78 is 24.9. The van der Waals surface area contributed by atoms with Crippen LogP contribution in [0.4, 0.5) is 4.39 Å². The molecule has 3 aromatic carbocycles. The summed E-state index contributed by atoms with van der Waals surface area (Å²) in [6, 6.07) is 17.8. The highest BCUT2D eigenvalue weighted by molar-refractivity contribution is 5.82. The molecule has 9 heteroatoms. The topological polar surface area (TPSA) is 103 Å². The van der Waals surface area contributed by atoms with E-state index in [2.05, 4.69) is 15.1 Å². The maximum absolute atomic E-state index is 13.1. The molecule has 5 aromatic rings. The average Bonchev–Trinajstić information content (AvgIpc) is 3.32. The van der Waals surface area contributed by atoms with E-state index in [4.69, 9.17) is 9.26 Å². The molecule has 2 aromatic heterocycles. The highest BCUT2D eigenvalue weighted by Crippen LogP contribution is 2.24. The molecule has 8 nitrogen and oxygen atoms in total. The number of H-pyrrole nitrogens is 1. The summed E-state index contributed by atoms with van der Waals surface area (Å²) in [4.78, 5) is 32.8. The molecule has 0 amide bonds. The van der Waals surface area contributed by atoms with Crippen LogP contribution >= 0.6 is 0 Å². The van der Waals surface area contributed by atoms with Gasteiger partial charge < -0.3 is 14.2 Å². The Morgan fingerprint density at radius 3 is 2.58 bits per heavy atom. The van der Waals surface area contributed by atoms with Gasteiger partial charge in [-0.1, -0.05) is 23.4 Å². The molecule has 0 aliphatic heterocycles. The number of aromatic amines is 1. The fraction of sp³-hybridized carbons (Fsp3) is 0.0833. The third kappa shape index (κ3) is 3.80. The number of nitrogens with one attached hydrogen (secondary N) is 1. The zero-order valence-electron chi connectivity index (χ0n) is 17.4. The van der Waals surface area contributed by atoms with Crippen molar-refractivity contribution in [3.8, 4) is 28.6 Å². The van der Waals surface area contributed by atoms with Gasteiger partial charge in [-0.25, -0.2) is 9.18 Å². The van der Waals surface area contributed by atoms with Crippen LogP contribution in [0.3, 0.4) is 0 Å².